The molecule has 1 aliphatic rings. The number of carbonyl (C=O) groups excluding carboxylic acids is 2. The van der Waals surface area contributed by atoms with Gasteiger partial charge in [-0.2, -0.15) is 0 Å². The molecule has 2 rings (SSSR count). The van der Waals surface area contributed by atoms with Crippen molar-refractivity contribution in [1.29, 1.82) is 0 Å². The van der Waals surface area contributed by atoms with Crippen LogP contribution in [0.5, 0.6) is 11.5 Å². The molecule has 0 aliphatic carbocycles. The Balaban J connectivity index is 2.40. The number of piperazine rings is 1. The highest BCUT2D eigenvalue weighted by molar-refractivity contribution is 6.41. The van der Waals surface area contributed by atoms with Crippen LogP contribution in [0.4, 0.5) is 5.69 Å². The van der Waals surface area contributed by atoms with Gasteiger partial charge in [-0.05, 0) is 12.1 Å². The maximum absolute atomic E-state index is 12.0. The minimum atomic E-state index is -0.555. The lowest BCUT2D eigenvalue weighted by Crippen LogP contribution is -2.53. The smallest absolute Gasteiger partial charge is 0.316 e. The number of likely N-dealkylation sites (N-methyl/N-ethyl adjacent to an activating group) is 1. The maximum atomic E-state index is 12.0. The van der Waals surface area contributed by atoms with E-state index in [9.17, 15) is 9.59 Å². The molecule has 1 aromatic carbocycles. The summed E-state index contributed by atoms with van der Waals surface area (Å²) < 4.78 is 10.4. The summed E-state index contributed by atoms with van der Waals surface area (Å²) >= 11 is 0. The van der Waals surface area contributed by atoms with E-state index in [0.29, 0.717) is 30.3 Å². The minimum Gasteiger partial charge on any atom is -0.497 e. The van der Waals surface area contributed by atoms with E-state index < -0.39 is 11.8 Å². The van der Waals surface area contributed by atoms with Gasteiger partial charge < -0.3 is 14.4 Å². The molecule has 1 heterocycles. The first-order valence-electron chi connectivity index (χ1n) is 5.87. The molecule has 6 heteroatoms. The second-order valence-electron chi connectivity index (χ2n) is 4.22. The van der Waals surface area contributed by atoms with Gasteiger partial charge in [0.05, 0.1) is 19.9 Å². The van der Waals surface area contributed by atoms with Crippen molar-refractivity contribution in [3.8, 4) is 11.5 Å². The fourth-order valence-corrected chi connectivity index (χ4v) is 1.97. The molecule has 1 saturated heterocycles. The predicted octanol–water partition coefficient (Wildman–Crippen LogP) is 0.509. The van der Waals surface area contributed by atoms with Crippen molar-refractivity contribution < 1.29 is 19.1 Å². The van der Waals surface area contributed by atoms with E-state index in [1.54, 1.807) is 32.4 Å². The number of hydrogen-bond acceptors (Lipinski definition) is 4. The number of ether oxygens (including phenoxy) is 2. The second-order valence-corrected chi connectivity index (χ2v) is 4.22. The van der Waals surface area contributed by atoms with Crippen molar-refractivity contribution in [2.75, 3.05) is 39.3 Å². The van der Waals surface area contributed by atoms with Gasteiger partial charge in [0, 0.05) is 26.2 Å². The highest BCUT2D eigenvalue weighted by Crippen LogP contribution is 2.33. The van der Waals surface area contributed by atoms with E-state index in [4.69, 9.17) is 9.47 Å². The fraction of sp³-hybridized carbons (Fsp3) is 0.385. The molecule has 0 saturated carbocycles. The van der Waals surface area contributed by atoms with Crippen molar-refractivity contribution in [3.63, 3.8) is 0 Å². The van der Waals surface area contributed by atoms with E-state index >= 15 is 0 Å². The van der Waals surface area contributed by atoms with E-state index in [2.05, 4.69) is 0 Å². The lowest BCUT2D eigenvalue weighted by Gasteiger charge is -2.32. The predicted molar refractivity (Wildman–Crippen MR) is 69.5 cm³/mol. The first-order chi connectivity index (χ1) is 9.08. The van der Waals surface area contributed by atoms with Gasteiger partial charge >= 0.3 is 11.8 Å². The molecule has 102 valence electrons. The summed E-state index contributed by atoms with van der Waals surface area (Å²) in [5.74, 6) is 0.0675. The Hall–Kier alpha value is -2.24. The fourth-order valence-electron chi connectivity index (χ4n) is 1.97. The second kappa shape index (κ2) is 5.17. The van der Waals surface area contributed by atoms with E-state index in [-0.39, 0.29) is 0 Å². The zero-order valence-electron chi connectivity index (χ0n) is 11.2. The van der Waals surface area contributed by atoms with Crippen LogP contribution in [0.2, 0.25) is 0 Å². The van der Waals surface area contributed by atoms with Gasteiger partial charge in [-0.1, -0.05) is 0 Å². The Morgan fingerprint density at radius 2 is 1.79 bits per heavy atom. The summed E-state index contributed by atoms with van der Waals surface area (Å²) in [6.45, 7) is 0.926. The summed E-state index contributed by atoms with van der Waals surface area (Å²) in [5, 5.41) is 0. The largest absolute Gasteiger partial charge is 0.497 e. The molecule has 0 bridgehead atoms. The van der Waals surface area contributed by atoms with Gasteiger partial charge in [-0.25, -0.2) is 0 Å². The van der Waals surface area contributed by atoms with E-state index in [1.165, 1.54) is 16.9 Å². The Morgan fingerprint density at radius 1 is 1.05 bits per heavy atom. The van der Waals surface area contributed by atoms with Gasteiger partial charge in [0.25, 0.3) is 0 Å². The molecule has 1 fully saturated rings. The van der Waals surface area contributed by atoms with Crippen LogP contribution in [-0.2, 0) is 9.59 Å². The van der Waals surface area contributed by atoms with E-state index in [1.807, 2.05) is 0 Å². The van der Waals surface area contributed by atoms with Crippen molar-refractivity contribution in [3.05, 3.63) is 18.2 Å². The number of carbonyl (C=O) groups is 2. The summed E-state index contributed by atoms with van der Waals surface area (Å²) in [4.78, 5) is 26.6. The van der Waals surface area contributed by atoms with Gasteiger partial charge in [-0.15, -0.1) is 0 Å². The quantitative estimate of drug-likeness (QED) is 0.746. The average molecular weight is 264 g/mol. The summed E-state index contributed by atoms with van der Waals surface area (Å²) in [6, 6.07) is 5.14. The van der Waals surface area contributed by atoms with Crippen LogP contribution in [0.3, 0.4) is 0 Å². The number of benzene rings is 1. The first-order valence-corrected chi connectivity index (χ1v) is 5.87. The summed E-state index contributed by atoms with van der Waals surface area (Å²) in [6.07, 6.45) is 0. The highest BCUT2D eigenvalue weighted by atomic mass is 16.5. The number of rotatable bonds is 3. The van der Waals surface area contributed by atoms with Crippen LogP contribution in [0.1, 0.15) is 0 Å². The lowest BCUT2D eigenvalue weighted by atomic mass is 10.2. The minimum absolute atomic E-state index is 0.435. The Bertz CT molecular complexity index is 515. The third kappa shape index (κ3) is 2.33. The molecule has 0 atom stereocenters. The van der Waals surface area contributed by atoms with Crippen molar-refractivity contribution in [2.24, 2.45) is 0 Å². The molecule has 2 amide bonds. The monoisotopic (exact) mass is 264 g/mol. The van der Waals surface area contributed by atoms with Crippen LogP contribution in [-0.4, -0.2) is 51.1 Å². The van der Waals surface area contributed by atoms with E-state index in [0.717, 1.165) is 0 Å². The van der Waals surface area contributed by atoms with Crippen LogP contribution in [0.25, 0.3) is 0 Å². The van der Waals surface area contributed by atoms with Gasteiger partial charge in [0.15, 0.2) is 0 Å². The zero-order valence-corrected chi connectivity index (χ0v) is 11.2. The molecule has 0 aromatic heterocycles. The highest BCUT2D eigenvalue weighted by Gasteiger charge is 2.32. The molecule has 19 heavy (non-hydrogen) atoms. The van der Waals surface area contributed by atoms with Crippen molar-refractivity contribution in [2.45, 2.75) is 0 Å². The van der Waals surface area contributed by atoms with Crippen molar-refractivity contribution >= 4 is 17.5 Å². The molecule has 1 aromatic rings. The van der Waals surface area contributed by atoms with Gasteiger partial charge in [-0.3, -0.25) is 14.5 Å². The summed E-state index contributed by atoms with van der Waals surface area (Å²) in [7, 11) is 4.68. The van der Waals surface area contributed by atoms with Crippen LogP contribution in [0.15, 0.2) is 18.2 Å². The molecule has 6 nitrogen and oxygen atoms in total. The maximum Gasteiger partial charge on any atom is 0.316 e. The number of anilines is 1. The van der Waals surface area contributed by atoms with Crippen molar-refractivity contribution in [1.82, 2.24) is 4.90 Å². The standard InChI is InChI=1S/C13H16N2O4/c1-14-6-7-15(13(17)12(14)16)10-8-9(18-2)4-5-11(10)19-3/h4-5,8H,6-7H2,1-3H3. The first kappa shape index (κ1) is 13.2. The zero-order chi connectivity index (χ0) is 14.0. The number of hydrogen-bond donors (Lipinski definition) is 0. The topological polar surface area (TPSA) is 59.1 Å². The van der Waals surface area contributed by atoms with Crippen LogP contribution < -0.4 is 14.4 Å². The van der Waals surface area contributed by atoms with Gasteiger partial charge in [0.2, 0.25) is 0 Å². The number of amides is 2. The summed E-state index contributed by atoms with van der Waals surface area (Å²) in [5.41, 5.74) is 0.549. The molecule has 0 spiro atoms. The molecule has 0 radical (unpaired) electrons. The average Bonchev–Trinajstić information content (AvgIpc) is 2.44. The third-order valence-electron chi connectivity index (χ3n) is 3.11. The number of methoxy groups -OCH3 is 2. The Kier molecular flexibility index (Phi) is 3.59. The molecular weight excluding hydrogens is 248 g/mol. The SMILES string of the molecule is COc1ccc(OC)c(N2CCN(C)C(=O)C2=O)c1. The Morgan fingerprint density at radius 3 is 2.42 bits per heavy atom. The van der Waals surface area contributed by atoms with Gasteiger partial charge in [0.1, 0.15) is 11.5 Å². The van der Waals surface area contributed by atoms with Crippen LogP contribution >= 0.6 is 0 Å². The third-order valence-corrected chi connectivity index (χ3v) is 3.11. The molecular formula is C13H16N2O4. The normalized spacial score (nSPS) is 15.7. The molecule has 1 aliphatic heterocycles. The molecule has 0 N–H and O–H groups in total. The van der Waals surface area contributed by atoms with Crippen LogP contribution in [0, 0.1) is 0 Å². The number of nitrogens with zero attached hydrogens (tertiary/aromatic N) is 2. The lowest BCUT2D eigenvalue weighted by molar-refractivity contribution is -0.145. The molecule has 0 unspecified atom stereocenters. The Labute approximate surface area is 111 Å².